The van der Waals surface area contributed by atoms with E-state index in [1.165, 1.54) is 31.5 Å². The third-order valence-electron chi connectivity index (χ3n) is 3.01. The summed E-state index contributed by atoms with van der Waals surface area (Å²) in [5, 5.41) is 0. The quantitative estimate of drug-likeness (QED) is 0.766. The predicted molar refractivity (Wildman–Crippen MR) is 75.1 cm³/mol. The van der Waals surface area contributed by atoms with Gasteiger partial charge in [-0.2, -0.15) is 0 Å². The molecule has 4 nitrogen and oxygen atoms in total. The van der Waals surface area contributed by atoms with Gasteiger partial charge in [0.05, 0.1) is 12.7 Å². The van der Waals surface area contributed by atoms with E-state index in [-0.39, 0.29) is 29.9 Å². The highest BCUT2D eigenvalue weighted by atomic mass is 19.1. The molecule has 0 atom stereocenters. The van der Waals surface area contributed by atoms with Gasteiger partial charge < -0.3 is 4.74 Å². The Bertz CT molecular complexity index is 670. The number of hydrogen-bond donors (Lipinski definition) is 0. The molecule has 108 valence electrons. The molecule has 0 saturated heterocycles. The molecule has 0 aliphatic heterocycles. The molecule has 0 radical (unpaired) electrons. The summed E-state index contributed by atoms with van der Waals surface area (Å²) in [5.74, 6) is -0.931. The lowest BCUT2D eigenvalue weighted by molar-refractivity contribution is 0.0911. The van der Waals surface area contributed by atoms with Gasteiger partial charge in [0.15, 0.2) is 11.6 Å². The Hall–Kier alpha value is -2.56. The molecule has 0 aliphatic rings. The number of aromatic nitrogens is 1. The van der Waals surface area contributed by atoms with Gasteiger partial charge in [-0.1, -0.05) is 12.1 Å². The van der Waals surface area contributed by atoms with Crippen LogP contribution in [0, 0.1) is 5.82 Å². The van der Waals surface area contributed by atoms with E-state index in [2.05, 4.69) is 4.98 Å². The van der Waals surface area contributed by atoms with Crippen molar-refractivity contribution in [3.63, 3.8) is 0 Å². The minimum atomic E-state index is -0.578. The SMILES string of the molecule is COc1cccnc1C(=O)CCC(=O)c1ccccc1F. The highest BCUT2D eigenvalue weighted by Crippen LogP contribution is 2.18. The van der Waals surface area contributed by atoms with Crippen LogP contribution in [0.25, 0.3) is 0 Å². The zero-order valence-electron chi connectivity index (χ0n) is 11.5. The fourth-order valence-corrected chi connectivity index (χ4v) is 1.93. The minimum absolute atomic E-state index is 0.00159. The van der Waals surface area contributed by atoms with Crippen LogP contribution in [-0.4, -0.2) is 23.7 Å². The number of nitrogens with zero attached hydrogens (tertiary/aromatic N) is 1. The summed E-state index contributed by atoms with van der Waals surface area (Å²) in [6.07, 6.45) is 1.37. The second kappa shape index (κ2) is 6.74. The maximum atomic E-state index is 13.5. The summed E-state index contributed by atoms with van der Waals surface area (Å²) < 4.78 is 18.5. The Balaban J connectivity index is 2.05. The predicted octanol–water partition coefficient (Wildman–Crippen LogP) is 3.08. The van der Waals surface area contributed by atoms with Crippen molar-refractivity contribution in [3.05, 3.63) is 59.7 Å². The van der Waals surface area contributed by atoms with Crippen molar-refractivity contribution in [3.8, 4) is 5.75 Å². The second-order valence-corrected chi connectivity index (χ2v) is 4.38. The number of ether oxygens (including phenoxy) is 1. The van der Waals surface area contributed by atoms with Gasteiger partial charge in [-0.05, 0) is 24.3 Å². The molecular weight excluding hydrogens is 273 g/mol. The first-order chi connectivity index (χ1) is 10.1. The molecule has 0 N–H and O–H groups in total. The largest absolute Gasteiger partial charge is 0.494 e. The lowest BCUT2D eigenvalue weighted by atomic mass is 10.0. The Morgan fingerprint density at radius 2 is 1.81 bits per heavy atom. The van der Waals surface area contributed by atoms with Crippen LogP contribution in [-0.2, 0) is 0 Å². The maximum absolute atomic E-state index is 13.5. The zero-order valence-corrected chi connectivity index (χ0v) is 11.5. The Kier molecular flexibility index (Phi) is 4.77. The van der Waals surface area contributed by atoms with Crippen LogP contribution in [0.1, 0.15) is 33.7 Å². The molecule has 0 unspecified atom stereocenters. The number of methoxy groups -OCH3 is 1. The second-order valence-electron chi connectivity index (χ2n) is 4.38. The molecule has 0 amide bonds. The number of hydrogen-bond acceptors (Lipinski definition) is 4. The number of pyridine rings is 1. The number of carbonyl (C=O) groups excluding carboxylic acids is 2. The zero-order chi connectivity index (χ0) is 15.2. The van der Waals surface area contributed by atoms with Crippen molar-refractivity contribution in [1.82, 2.24) is 4.98 Å². The van der Waals surface area contributed by atoms with Gasteiger partial charge in [-0.15, -0.1) is 0 Å². The summed E-state index contributed by atoms with van der Waals surface area (Å²) in [6, 6.07) is 9.00. The van der Waals surface area contributed by atoms with Crippen molar-refractivity contribution >= 4 is 11.6 Å². The third-order valence-corrected chi connectivity index (χ3v) is 3.01. The van der Waals surface area contributed by atoms with Crippen molar-refractivity contribution < 1.29 is 18.7 Å². The Morgan fingerprint density at radius 3 is 2.52 bits per heavy atom. The normalized spacial score (nSPS) is 10.2. The lowest BCUT2D eigenvalue weighted by Crippen LogP contribution is -2.09. The maximum Gasteiger partial charge on any atom is 0.185 e. The number of ketones is 2. The average Bonchev–Trinajstić information content (AvgIpc) is 2.52. The highest BCUT2D eigenvalue weighted by Gasteiger charge is 2.17. The van der Waals surface area contributed by atoms with E-state index in [0.29, 0.717) is 5.75 Å². The molecule has 1 heterocycles. The summed E-state index contributed by atoms with van der Waals surface area (Å²) in [7, 11) is 1.44. The van der Waals surface area contributed by atoms with E-state index in [4.69, 9.17) is 4.74 Å². The van der Waals surface area contributed by atoms with Crippen molar-refractivity contribution in [2.45, 2.75) is 12.8 Å². The fourth-order valence-electron chi connectivity index (χ4n) is 1.93. The topological polar surface area (TPSA) is 56.3 Å². The summed E-state index contributed by atoms with van der Waals surface area (Å²) >= 11 is 0. The monoisotopic (exact) mass is 287 g/mol. The third kappa shape index (κ3) is 3.51. The number of rotatable bonds is 6. The van der Waals surface area contributed by atoms with E-state index in [9.17, 15) is 14.0 Å². The molecule has 0 spiro atoms. The van der Waals surface area contributed by atoms with Crippen LogP contribution >= 0.6 is 0 Å². The van der Waals surface area contributed by atoms with Gasteiger partial charge in [-0.25, -0.2) is 9.37 Å². The molecule has 0 fully saturated rings. The van der Waals surface area contributed by atoms with Gasteiger partial charge in [0, 0.05) is 19.0 Å². The Labute approximate surface area is 121 Å². The van der Waals surface area contributed by atoms with E-state index in [1.807, 2.05) is 0 Å². The molecule has 0 aliphatic carbocycles. The fraction of sp³-hybridized carbons (Fsp3) is 0.188. The molecule has 0 saturated carbocycles. The summed E-state index contributed by atoms with van der Waals surface area (Å²) in [5.41, 5.74) is 0.180. The van der Waals surface area contributed by atoms with Crippen LogP contribution in [0.5, 0.6) is 5.75 Å². The molecule has 2 rings (SSSR count). The van der Waals surface area contributed by atoms with Crippen LogP contribution in [0.3, 0.4) is 0 Å². The first-order valence-corrected chi connectivity index (χ1v) is 6.43. The molecular formula is C16H14FNO3. The molecule has 1 aromatic carbocycles. The van der Waals surface area contributed by atoms with E-state index in [1.54, 1.807) is 18.2 Å². The van der Waals surface area contributed by atoms with Gasteiger partial charge >= 0.3 is 0 Å². The Morgan fingerprint density at radius 1 is 1.10 bits per heavy atom. The van der Waals surface area contributed by atoms with Crippen molar-refractivity contribution in [2.24, 2.45) is 0 Å². The molecule has 5 heteroatoms. The highest BCUT2D eigenvalue weighted by molar-refractivity contribution is 6.02. The molecule has 21 heavy (non-hydrogen) atoms. The summed E-state index contributed by atoms with van der Waals surface area (Å²) in [4.78, 5) is 27.9. The van der Waals surface area contributed by atoms with Crippen LogP contribution in [0.2, 0.25) is 0 Å². The van der Waals surface area contributed by atoms with Gasteiger partial charge in [0.2, 0.25) is 0 Å². The smallest absolute Gasteiger partial charge is 0.185 e. The van der Waals surface area contributed by atoms with E-state index >= 15 is 0 Å². The number of Topliss-reactive ketones (excluding diaryl/α,β-unsaturated/α-hetero) is 2. The number of carbonyl (C=O) groups is 2. The number of halogens is 1. The van der Waals surface area contributed by atoms with Crippen molar-refractivity contribution in [2.75, 3.05) is 7.11 Å². The lowest BCUT2D eigenvalue weighted by Gasteiger charge is -2.06. The molecule has 2 aromatic rings. The van der Waals surface area contributed by atoms with E-state index < -0.39 is 11.6 Å². The minimum Gasteiger partial charge on any atom is -0.494 e. The van der Waals surface area contributed by atoms with Crippen molar-refractivity contribution in [1.29, 1.82) is 0 Å². The van der Waals surface area contributed by atoms with Crippen LogP contribution in [0.4, 0.5) is 4.39 Å². The van der Waals surface area contributed by atoms with Gasteiger partial charge in [0.25, 0.3) is 0 Å². The first-order valence-electron chi connectivity index (χ1n) is 6.43. The summed E-state index contributed by atoms with van der Waals surface area (Å²) in [6.45, 7) is 0. The van der Waals surface area contributed by atoms with Crippen LogP contribution < -0.4 is 4.74 Å². The van der Waals surface area contributed by atoms with Crippen LogP contribution in [0.15, 0.2) is 42.6 Å². The number of benzene rings is 1. The molecule has 0 bridgehead atoms. The van der Waals surface area contributed by atoms with Gasteiger partial charge in [-0.3, -0.25) is 9.59 Å². The van der Waals surface area contributed by atoms with E-state index in [0.717, 1.165) is 0 Å². The average molecular weight is 287 g/mol. The molecule has 1 aromatic heterocycles. The standard InChI is InChI=1S/C16H14FNO3/c1-21-15-7-4-10-18-16(15)14(20)9-8-13(19)11-5-2-3-6-12(11)17/h2-7,10H,8-9H2,1H3. The first kappa shape index (κ1) is 14.8. The van der Waals surface area contributed by atoms with Gasteiger partial charge in [0.1, 0.15) is 17.3 Å².